The first kappa shape index (κ1) is 16.5. The first-order valence-corrected chi connectivity index (χ1v) is 7.03. The van der Waals surface area contributed by atoms with E-state index in [0.717, 1.165) is 12.8 Å². The molecule has 0 radical (unpaired) electrons. The van der Waals surface area contributed by atoms with Gasteiger partial charge in [-0.3, -0.25) is 14.4 Å². The topological polar surface area (TPSA) is 83.9 Å². The summed E-state index contributed by atoms with van der Waals surface area (Å²) in [5, 5.41) is 9.39. The highest BCUT2D eigenvalue weighted by Crippen LogP contribution is 2.41. The Morgan fingerprint density at radius 3 is 2.30 bits per heavy atom. The molecule has 0 heterocycles. The van der Waals surface area contributed by atoms with Gasteiger partial charge in [0.1, 0.15) is 6.54 Å². The molecule has 6 heteroatoms. The number of esters is 1. The van der Waals surface area contributed by atoms with Crippen LogP contribution in [0.4, 0.5) is 0 Å². The first-order valence-electron chi connectivity index (χ1n) is 7.03. The van der Waals surface area contributed by atoms with Crippen molar-refractivity contribution in [2.24, 2.45) is 5.41 Å². The lowest BCUT2D eigenvalue weighted by atomic mass is 9.82. The van der Waals surface area contributed by atoms with Gasteiger partial charge >= 0.3 is 11.9 Å². The summed E-state index contributed by atoms with van der Waals surface area (Å²) in [6.07, 6.45) is 3.43. The number of hydrogen-bond acceptors (Lipinski definition) is 4. The Balaban J connectivity index is 2.73. The van der Waals surface area contributed by atoms with Gasteiger partial charge in [-0.2, -0.15) is 0 Å². The normalized spacial score (nSPS) is 16.7. The maximum Gasteiger partial charge on any atom is 0.325 e. The van der Waals surface area contributed by atoms with Gasteiger partial charge in [-0.05, 0) is 19.3 Å². The number of ether oxygens (including phenoxy) is 1. The molecule has 0 aromatic heterocycles. The number of nitrogens with zero attached hydrogens (tertiary/aromatic N) is 1. The van der Waals surface area contributed by atoms with E-state index < -0.39 is 17.4 Å². The van der Waals surface area contributed by atoms with Gasteiger partial charge in [0.15, 0.2) is 0 Å². The standard InChI is InChI=1S/C14H23NO5/c1-3-8-15(10-12(17)20-2)11(16)9-14(13(18)19)6-4-5-7-14/h3-10H2,1-2H3,(H,18,19). The van der Waals surface area contributed by atoms with Crippen molar-refractivity contribution >= 4 is 17.8 Å². The molecule has 0 aliphatic heterocycles. The van der Waals surface area contributed by atoms with Crippen LogP contribution >= 0.6 is 0 Å². The van der Waals surface area contributed by atoms with E-state index in [1.807, 2.05) is 6.92 Å². The van der Waals surface area contributed by atoms with E-state index in [-0.39, 0.29) is 18.9 Å². The lowest BCUT2D eigenvalue weighted by molar-refractivity contribution is -0.154. The second-order valence-corrected chi connectivity index (χ2v) is 5.36. The van der Waals surface area contributed by atoms with Gasteiger partial charge in [-0.25, -0.2) is 0 Å². The van der Waals surface area contributed by atoms with Crippen LogP contribution < -0.4 is 0 Å². The van der Waals surface area contributed by atoms with Crippen LogP contribution in [0.2, 0.25) is 0 Å². The number of carbonyl (C=O) groups excluding carboxylic acids is 2. The maximum atomic E-state index is 12.3. The third-order valence-electron chi connectivity index (χ3n) is 3.90. The molecule has 0 bridgehead atoms. The molecule has 20 heavy (non-hydrogen) atoms. The monoisotopic (exact) mass is 285 g/mol. The molecular weight excluding hydrogens is 262 g/mol. The van der Waals surface area contributed by atoms with Crippen LogP contribution in [0.15, 0.2) is 0 Å². The van der Waals surface area contributed by atoms with E-state index in [9.17, 15) is 19.5 Å². The van der Waals surface area contributed by atoms with Gasteiger partial charge in [-0.15, -0.1) is 0 Å². The van der Waals surface area contributed by atoms with Crippen molar-refractivity contribution in [2.45, 2.75) is 45.4 Å². The van der Waals surface area contributed by atoms with Crippen molar-refractivity contribution in [1.29, 1.82) is 0 Å². The van der Waals surface area contributed by atoms with E-state index in [2.05, 4.69) is 4.74 Å². The number of methoxy groups -OCH3 is 1. The molecule has 1 fully saturated rings. The number of carboxylic acid groups (broad SMARTS) is 1. The molecule has 114 valence electrons. The smallest absolute Gasteiger partial charge is 0.325 e. The van der Waals surface area contributed by atoms with Gasteiger partial charge in [-0.1, -0.05) is 19.8 Å². The second kappa shape index (κ2) is 7.26. The molecule has 0 unspecified atom stereocenters. The fourth-order valence-electron chi connectivity index (χ4n) is 2.70. The Bertz CT molecular complexity index is 374. The fourth-order valence-corrected chi connectivity index (χ4v) is 2.70. The van der Waals surface area contributed by atoms with Crippen LogP contribution in [-0.4, -0.2) is 48.1 Å². The second-order valence-electron chi connectivity index (χ2n) is 5.36. The van der Waals surface area contributed by atoms with Gasteiger partial charge in [0.2, 0.25) is 5.91 Å². The third kappa shape index (κ3) is 3.95. The highest BCUT2D eigenvalue weighted by Gasteiger charge is 2.43. The third-order valence-corrected chi connectivity index (χ3v) is 3.90. The maximum absolute atomic E-state index is 12.3. The summed E-state index contributed by atoms with van der Waals surface area (Å²) < 4.78 is 4.57. The molecule has 0 aromatic rings. The average Bonchev–Trinajstić information content (AvgIpc) is 2.87. The van der Waals surface area contributed by atoms with E-state index in [1.165, 1.54) is 12.0 Å². The van der Waals surface area contributed by atoms with Crippen LogP contribution in [-0.2, 0) is 19.1 Å². The minimum atomic E-state index is -0.945. The van der Waals surface area contributed by atoms with Gasteiger partial charge < -0.3 is 14.7 Å². The largest absolute Gasteiger partial charge is 0.481 e. The van der Waals surface area contributed by atoms with Crippen molar-refractivity contribution < 1.29 is 24.2 Å². The number of carboxylic acids is 1. The zero-order valence-corrected chi connectivity index (χ0v) is 12.2. The van der Waals surface area contributed by atoms with E-state index in [4.69, 9.17) is 0 Å². The molecule has 0 saturated heterocycles. The Morgan fingerprint density at radius 1 is 1.25 bits per heavy atom. The van der Waals surface area contributed by atoms with Crippen LogP contribution in [0, 0.1) is 5.41 Å². The molecule has 6 nitrogen and oxygen atoms in total. The van der Waals surface area contributed by atoms with Crippen molar-refractivity contribution in [3.8, 4) is 0 Å². The molecule has 1 aliphatic rings. The van der Waals surface area contributed by atoms with Gasteiger partial charge in [0.05, 0.1) is 12.5 Å². The molecule has 0 atom stereocenters. The number of amides is 1. The number of aliphatic carboxylic acids is 1. The zero-order valence-electron chi connectivity index (χ0n) is 12.2. The van der Waals surface area contributed by atoms with E-state index in [0.29, 0.717) is 25.8 Å². The number of carbonyl (C=O) groups is 3. The van der Waals surface area contributed by atoms with Crippen LogP contribution in [0.3, 0.4) is 0 Å². The van der Waals surface area contributed by atoms with E-state index >= 15 is 0 Å². The average molecular weight is 285 g/mol. The molecule has 1 N–H and O–H groups in total. The summed E-state index contributed by atoms with van der Waals surface area (Å²) in [5.41, 5.74) is -0.945. The highest BCUT2D eigenvalue weighted by molar-refractivity contribution is 5.87. The Morgan fingerprint density at radius 2 is 1.85 bits per heavy atom. The summed E-state index contributed by atoms with van der Waals surface area (Å²) in [6.45, 7) is 2.22. The molecule has 1 saturated carbocycles. The minimum absolute atomic E-state index is 0.0284. The quantitative estimate of drug-likeness (QED) is 0.715. The molecule has 1 amide bonds. The highest BCUT2D eigenvalue weighted by atomic mass is 16.5. The summed E-state index contributed by atoms with van der Waals surface area (Å²) in [7, 11) is 1.27. The fraction of sp³-hybridized carbons (Fsp3) is 0.786. The SMILES string of the molecule is CCCN(CC(=O)OC)C(=O)CC1(C(=O)O)CCCC1. The Labute approximate surface area is 119 Å². The van der Waals surface area contributed by atoms with Gasteiger partial charge in [0, 0.05) is 13.0 Å². The molecule has 1 rings (SSSR count). The van der Waals surface area contributed by atoms with Crippen molar-refractivity contribution in [3.05, 3.63) is 0 Å². The van der Waals surface area contributed by atoms with Crippen LogP contribution in [0.25, 0.3) is 0 Å². The Kier molecular flexibility index (Phi) is 5.98. The van der Waals surface area contributed by atoms with Crippen LogP contribution in [0.5, 0.6) is 0 Å². The van der Waals surface area contributed by atoms with Crippen LogP contribution in [0.1, 0.15) is 45.4 Å². The lowest BCUT2D eigenvalue weighted by Gasteiger charge is -2.27. The predicted octanol–water partition coefficient (Wildman–Crippen LogP) is 1.43. The molecular formula is C14H23NO5. The molecule has 0 aromatic carbocycles. The number of rotatable bonds is 7. The van der Waals surface area contributed by atoms with Crippen molar-refractivity contribution in [3.63, 3.8) is 0 Å². The summed E-state index contributed by atoms with van der Waals surface area (Å²) >= 11 is 0. The Hall–Kier alpha value is -1.59. The molecule has 0 spiro atoms. The first-order chi connectivity index (χ1) is 9.45. The lowest BCUT2D eigenvalue weighted by Crippen LogP contribution is -2.41. The zero-order chi connectivity index (χ0) is 15.2. The number of hydrogen-bond donors (Lipinski definition) is 1. The van der Waals surface area contributed by atoms with Crippen molar-refractivity contribution in [2.75, 3.05) is 20.2 Å². The summed E-state index contributed by atoms with van der Waals surface area (Å²) in [4.78, 5) is 36.5. The predicted molar refractivity (Wildman–Crippen MR) is 72.0 cm³/mol. The minimum Gasteiger partial charge on any atom is -0.481 e. The van der Waals surface area contributed by atoms with Crippen molar-refractivity contribution in [1.82, 2.24) is 4.90 Å². The van der Waals surface area contributed by atoms with Gasteiger partial charge in [0.25, 0.3) is 0 Å². The summed E-state index contributed by atoms with van der Waals surface area (Å²) in [6, 6.07) is 0. The summed E-state index contributed by atoms with van der Waals surface area (Å²) in [5.74, 6) is -1.66. The molecule has 1 aliphatic carbocycles. The van der Waals surface area contributed by atoms with E-state index in [1.54, 1.807) is 0 Å².